The van der Waals surface area contributed by atoms with Crippen LogP contribution in [-0.2, 0) is 0 Å². The molecule has 1 N–H and O–H groups in total. The van der Waals surface area contributed by atoms with Crippen molar-refractivity contribution in [1.82, 2.24) is 5.32 Å². The molecule has 0 aliphatic heterocycles. The van der Waals surface area contributed by atoms with Crippen molar-refractivity contribution in [2.45, 2.75) is 30.5 Å². The average Bonchev–Trinajstić information content (AvgIpc) is 2.46. The zero-order valence-corrected chi connectivity index (χ0v) is 13.1. The van der Waals surface area contributed by atoms with Crippen molar-refractivity contribution in [3.8, 4) is 5.75 Å². The minimum absolute atomic E-state index is 0.148. The summed E-state index contributed by atoms with van der Waals surface area (Å²) < 4.78 is 18.4. The van der Waals surface area contributed by atoms with E-state index in [9.17, 15) is 9.18 Å². The Balaban J connectivity index is 1.93. The van der Waals surface area contributed by atoms with Crippen LogP contribution in [-0.4, -0.2) is 24.4 Å². The molecule has 0 aromatic heterocycles. The lowest BCUT2D eigenvalue weighted by Crippen LogP contribution is -2.34. The van der Waals surface area contributed by atoms with Gasteiger partial charge in [-0.15, -0.1) is 0 Å². The molecule has 1 aromatic rings. The lowest BCUT2D eigenvalue weighted by molar-refractivity contribution is 0.0944. The highest BCUT2D eigenvalue weighted by molar-refractivity contribution is 9.09. The number of hydrogen-bond donors (Lipinski definition) is 1. The van der Waals surface area contributed by atoms with Crippen LogP contribution in [0.5, 0.6) is 5.75 Å². The second kappa shape index (κ2) is 7.07. The Kier molecular flexibility index (Phi) is 5.40. The van der Waals surface area contributed by atoms with Gasteiger partial charge in [0.1, 0.15) is 0 Å². The average molecular weight is 344 g/mol. The normalized spacial score (nSPS) is 22.4. The molecule has 2 atom stereocenters. The summed E-state index contributed by atoms with van der Waals surface area (Å²) in [7, 11) is 1.40. The smallest absolute Gasteiger partial charge is 0.251 e. The number of amides is 1. The molecule has 0 radical (unpaired) electrons. The summed E-state index contributed by atoms with van der Waals surface area (Å²) in [6, 6.07) is 4.25. The Labute approximate surface area is 127 Å². The molecule has 3 nitrogen and oxygen atoms in total. The lowest BCUT2D eigenvalue weighted by Gasteiger charge is -2.27. The molecule has 2 rings (SSSR count). The first kappa shape index (κ1) is 15.3. The van der Waals surface area contributed by atoms with E-state index in [1.165, 1.54) is 32.1 Å². The summed E-state index contributed by atoms with van der Waals surface area (Å²) in [5, 5.41) is 2.89. The Hall–Kier alpha value is -1.10. The van der Waals surface area contributed by atoms with E-state index < -0.39 is 5.82 Å². The number of nitrogens with one attached hydrogen (secondary N) is 1. The van der Waals surface area contributed by atoms with Crippen LogP contribution in [0.4, 0.5) is 4.39 Å². The van der Waals surface area contributed by atoms with Gasteiger partial charge in [-0.3, -0.25) is 4.79 Å². The molecule has 1 aliphatic carbocycles. The molecule has 1 fully saturated rings. The molecule has 1 aromatic carbocycles. The number of alkyl halides is 1. The molecule has 20 heavy (non-hydrogen) atoms. The van der Waals surface area contributed by atoms with Gasteiger partial charge >= 0.3 is 0 Å². The number of carbonyl (C=O) groups is 1. The van der Waals surface area contributed by atoms with Gasteiger partial charge in [0.2, 0.25) is 0 Å². The molecule has 110 valence electrons. The monoisotopic (exact) mass is 343 g/mol. The Morgan fingerprint density at radius 2 is 2.20 bits per heavy atom. The van der Waals surface area contributed by atoms with Crippen LogP contribution in [0.2, 0.25) is 0 Å². The maximum Gasteiger partial charge on any atom is 0.251 e. The van der Waals surface area contributed by atoms with E-state index in [0.29, 0.717) is 22.9 Å². The first-order valence-electron chi connectivity index (χ1n) is 6.87. The SMILES string of the molecule is COc1ccc(C(=O)NCC2CCCCC2Br)cc1F. The highest BCUT2D eigenvalue weighted by atomic mass is 79.9. The van der Waals surface area contributed by atoms with Crippen molar-refractivity contribution in [2.24, 2.45) is 5.92 Å². The fourth-order valence-electron chi connectivity index (χ4n) is 2.53. The van der Waals surface area contributed by atoms with Gasteiger partial charge in [0, 0.05) is 16.9 Å². The maximum absolute atomic E-state index is 13.6. The van der Waals surface area contributed by atoms with Gasteiger partial charge in [0.25, 0.3) is 5.91 Å². The molecular formula is C15H19BrFNO2. The number of halogens is 2. The van der Waals surface area contributed by atoms with Gasteiger partial charge in [-0.05, 0) is 37.0 Å². The molecule has 0 bridgehead atoms. The molecule has 2 unspecified atom stereocenters. The maximum atomic E-state index is 13.6. The third-order valence-electron chi connectivity index (χ3n) is 3.76. The summed E-state index contributed by atoms with van der Waals surface area (Å²) in [5.41, 5.74) is 0.324. The van der Waals surface area contributed by atoms with Crippen molar-refractivity contribution >= 4 is 21.8 Å². The summed E-state index contributed by atoms with van der Waals surface area (Å²) in [5.74, 6) is -0.154. The molecule has 5 heteroatoms. The number of carbonyl (C=O) groups excluding carboxylic acids is 1. The summed E-state index contributed by atoms with van der Waals surface area (Å²) >= 11 is 3.66. The minimum atomic E-state index is -0.517. The van der Waals surface area contributed by atoms with E-state index in [1.807, 2.05) is 0 Å². The predicted octanol–water partition coefficient (Wildman–Crippen LogP) is 3.52. The van der Waals surface area contributed by atoms with Crippen LogP contribution >= 0.6 is 15.9 Å². The number of benzene rings is 1. The van der Waals surface area contributed by atoms with Crippen LogP contribution in [0.3, 0.4) is 0 Å². The minimum Gasteiger partial charge on any atom is -0.494 e. The highest BCUT2D eigenvalue weighted by Crippen LogP contribution is 2.29. The van der Waals surface area contributed by atoms with E-state index in [-0.39, 0.29) is 11.7 Å². The Morgan fingerprint density at radius 1 is 1.45 bits per heavy atom. The second-order valence-electron chi connectivity index (χ2n) is 5.12. The number of ether oxygens (including phenoxy) is 1. The summed E-state index contributed by atoms with van der Waals surface area (Å²) in [6.45, 7) is 0.627. The molecule has 1 aliphatic rings. The highest BCUT2D eigenvalue weighted by Gasteiger charge is 2.23. The van der Waals surface area contributed by atoms with Gasteiger partial charge in [-0.2, -0.15) is 0 Å². The van der Waals surface area contributed by atoms with Gasteiger partial charge in [-0.1, -0.05) is 28.8 Å². The number of rotatable bonds is 4. The Morgan fingerprint density at radius 3 is 2.85 bits per heavy atom. The largest absolute Gasteiger partial charge is 0.494 e. The molecular weight excluding hydrogens is 325 g/mol. The van der Waals surface area contributed by atoms with Crippen LogP contribution in [0.15, 0.2) is 18.2 Å². The van der Waals surface area contributed by atoms with E-state index in [4.69, 9.17) is 4.74 Å². The Bertz CT molecular complexity index is 481. The fraction of sp³-hybridized carbons (Fsp3) is 0.533. The topological polar surface area (TPSA) is 38.3 Å². The standard InChI is InChI=1S/C15H19BrFNO2/c1-20-14-7-6-10(8-13(14)17)15(19)18-9-11-4-2-3-5-12(11)16/h6-8,11-12H,2-5,9H2,1H3,(H,18,19). The van der Waals surface area contributed by atoms with Gasteiger partial charge in [-0.25, -0.2) is 4.39 Å². The summed E-state index contributed by atoms with van der Waals surface area (Å²) in [4.78, 5) is 12.5. The first-order valence-corrected chi connectivity index (χ1v) is 7.79. The van der Waals surface area contributed by atoms with E-state index >= 15 is 0 Å². The van der Waals surface area contributed by atoms with Gasteiger partial charge in [0.15, 0.2) is 11.6 Å². The molecule has 0 spiro atoms. The van der Waals surface area contributed by atoms with Crippen LogP contribution in [0, 0.1) is 11.7 Å². The van der Waals surface area contributed by atoms with Crippen LogP contribution in [0.1, 0.15) is 36.0 Å². The van der Waals surface area contributed by atoms with Gasteiger partial charge in [0.05, 0.1) is 7.11 Å². The van der Waals surface area contributed by atoms with Crippen molar-refractivity contribution in [3.05, 3.63) is 29.6 Å². The molecule has 1 saturated carbocycles. The van der Waals surface area contributed by atoms with Crippen molar-refractivity contribution in [2.75, 3.05) is 13.7 Å². The van der Waals surface area contributed by atoms with E-state index in [2.05, 4.69) is 21.2 Å². The van der Waals surface area contributed by atoms with Crippen molar-refractivity contribution in [3.63, 3.8) is 0 Å². The first-order chi connectivity index (χ1) is 9.61. The summed E-state index contributed by atoms with van der Waals surface area (Å²) in [6.07, 6.45) is 4.72. The zero-order chi connectivity index (χ0) is 14.5. The molecule has 0 heterocycles. The third kappa shape index (κ3) is 3.72. The second-order valence-corrected chi connectivity index (χ2v) is 6.30. The van der Waals surface area contributed by atoms with Crippen LogP contribution < -0.4 is 10.1 Å². The predicted molar refractivity (Wildman–Crippen MR) is 80.0 cm³/mol. The van der Waals surface area contributed by atoms with E-state index in [0.717, 1.165) is 12.8 Å². The fourth-order valence-corrected chi connectivity index (χ4v) is 3.30. The lowest BCUT2D eigenvalue weighted by atomic mass is 9.89. The molecule has 1 amide bonds. The van der Waals surface area contributed by atoms with E-state index in [1.54, 1.807) is 6.07 Å². The van der Waals surface area contributed by atoms with Gasteiger partial charge < -0.3 is 10.1 Å². The zero-order valence-electron chi connectivity index (χ0n) is 11.5. The number of hydrogen-bond acceptors (Lipinski definition) is 2. The third-order valence-corrected chi connectivity index (χ3v) is 4.96. The molecule has 0 saturated heterocycles. The van der Waals surface area contributed by atoms with Crippen molar-refractivity contribution in [1.29, 1.82) is 0 Å². The van der Waals surface area contributed by atoms with Crippen molar-refractivity contribution < 1.29 is 13.9 Å². The number of methoxy groups -OCH3 is 1. The quantitative estimate of drug-likeness (QED) is 0.849. The van der Waals surface area contributed by atoms with Crippen LogP contribution in [0.25, 0.3) is 0 Å².